The number of benzene rings is 2. The summed E-state index contributed by atoms with van der Waals surface area (Å²) in [5.74, 6) is 1.75. The van der Waals surface area contributed by atoms with Gasteiger partial charge in [0.15, 0.2) is 17.3 Å². The van der Waals surface area contributed by atoms with Gasteiger partial charge in [-0.3, -0.25) is 4.79 Å². The molecule has 0 unspecified atom stereocenters. The van der Waals surface area contributed by atoms with E-state index in [1.165, 1.54) is 6.07 Å². The topological polar surface area (TPSA) is 65.0 Å². The molecule has 0 bridgehead atoms. The number of phenolic OH excluding ortho intramolecular Hbond substituents is 1. The van der Waals surface area contributed by atoms with Crippen molar-refractivity contribution in [1.29, 1.82) is 0 Å². The fourth-order valence-corrected chi connectivity index (χ4v) is 2.99. The summed E-state index contributed by atoms with van der Waals surface area (Å²) < 4.78 is 16.4. The molecule has 1 heterocycles. The third-order valence-corrected chi connectivity index (χ3v) is 4.43. The van der Waals surface area contributed by atoms with Gasteiger partial charge in [0.05, 0.1) is 12.7 Å². The number of phenols is 1. The zero-order valence-electron chi connectivity index (χ0n) is 14.7. The Morgan fingerprint density at radius 3 is 2.44 bits per heavy atom. The molecular weight excluding hydrogens is 320 g/mol. The van der Waals surface area contributed by atoms with Crippen LogP contribution in [0.1, 0.15) is 34.0 Å². The lowest BCUT2D eigenvalue weighted by atomic mass is 9.96. The summed E-state index contributed by atoms with van der Waals surface area (Å²) in [6, 6.07) is 6.96. The maximum atomic E-state index is 12.8. The van der Waals surface area contributed by atoms with Gasteiger partial charge in [-0.2, -0.15) is 0 Å². The van der Waals surface area contributed by atoms with Crippen molar-refractivity contribution in [2.45, 2.75) is 26.7 Å². The number of aromatic hydroxyl groups is 1. The average molecular weight is 342 g/mol. The van der Waals surface area contributed by atoms with Gasteiger partial charge in [0.2, 0.25) is 0 Å². The Bertz CT molecular complexity index is 810. The van der Waals surface area contributed by atoms with Crippen molar-refractivity contribution in [3.8, 4) is 23.0 Å². The number of ketones is 1. The Morgan fingerprint density at radius 1 is 1.12 bits per heavy atom. The fourth-order valence-electron chi connectivity index (χ4n) is 2.99. The molecule has 5 heteroatoms. The number of Topliss-reactive ketones (excluding diaryl/α,β-unsaturated/α-hetero) is 1. The molecule has 25 heavy (non-hydrogen) atoms. The molecule has 132 valence electrons. The Labute approximate surface area is 147 Å². The third-order valence-electron chi connectivity index (χ3n) is 4.43. The van der Waals surface area contributed by atoms with Crippen molar-refractivity contribution in [1.82, 2.24) is 0 Å². The van der Waals surface area contributed by atoms with Crippen LogP contribution >= 0.6 is 0 Å². The molecule has 0 aromatic heterocycles. The molecule has 1 aliphatic heterocycles. The number of hydrogen-bond acceptors (Lipinski definition) is 5. The summed E-state index contributed by atoms with van der Waals surface area (Å²) in [6.45, 7) is 4.95. The van der Waals surface area contributed by atoms with Gasteiger partial charge in [-0.15, -0.1) is 0 Å². The number of carbonyl (C=O) groups excluding carboxylic acids is 1. The minimum Gasteiger partial charge on any atom is -0.507 e. The van der Waals surface area contributed by atoms with E-state index in [1.807, 2.05) is 26.0 Å². The van der Waals surface area contributed by atoms with Gasteiger partial charge in [0.25, 0.3) is 0 Å². The van der Waals surface area contributed by atoms with Crippen LogP contribution in [0.4, 0.5) is 0 Å². The highest BCUT2D eigenvalue weighted by Crippen LogP contribution is 2.34. The van der Waals surface area contributed by atoms with Crippen molar-refractivity contribution in [2.75, 3.05) is 20.3 Å². The molecule has 0 fully saturated rings. The largest absolute Gasteiger partial charge is 0.507 e. The first-order valence-electron chi connectivity index (χ1n) is 8.35. The molecule has 1 aliphatic rings. The van der Waals surface area contributed by atoms with Crippen LogP contribution < -0.4 is 14.2 Å². The second-order valence-corrected chi connectivity index (χ2v) is 6.06. The maximum Gasteiger partial charge on any atom is 0.170 e. The Morgan fingerprint density at radius 2 is 1.80 bits per heavy atom. The number of fused-ring (bicyclic) bond motifs is 1. The fraction of sp³-hybridized carbons (Fsp3) is 0.350. The van der Waals surface area contributed by atoms with E-state index >= 15 is 0 Å². The molecular formula is C20H22O5. The van der Waals surface area contributed by atoms with Gasteiger partial charge in [-0.05, 0) is 48.2 Å². The van der Waals surface area contributed by atoms with Crippen molar-refractivity contribution < 1.29 is 24.1 Å². The number of methoxy groups -OCH3 is 1. The van der Waals surface area contributed by atoms with E-state index in [4.69, 9.17) is 14.2 Å². The van der Waals surface area contributed by atoms with Gasteiger partial charge >= 0.3 is 0 Å². The van der Waals surface area contributed by atoms with Crippen molar-refractivity contribution in [3.63, 3.8) is 0 Å². The minimum absolute atomic E-state index is 0.0609. The zero-order valence-corrected chi connectivity index (χ0v) is 14.7. The molecule has 2 aromatic carbocycles. The first kappa shape index (κ1) is 17.1. The third kappa shape index (κ3) is 3.40. The SMILES string of the molecule is CCc1cc(C(=O)Cc2cc3c(cc2C)OCCO3)c(O)cc1OC. The predicted molar refractivity (Wildman–Crippen MR) is 94.2 cm³/mol. The first-order valence-corrected chi connectivity index (χ1v) is 8.35. The summed E-state index contributed by atoms with van der Waals surface area (Å²) in [7, 11) is 1.55. The van der Waals surface area contributed by atoms with E-state index in [2.05, 4.69) is 0 Å². The van der Waals surface area contributed by atoms with Crippen LogP contribution in [0.15, 0.2) is 24.3 Å². The summed E-state index contributed by atoms with van der Waals surface area (Å²) in [4.78, 5) is 12.8. The molecule has 0 aliphatic carbocycles. The molecule has 0 saturated heterocycles. The van der Waals surface area contributed by atoms with Crippen LogP contribution in [0.3, 0.4) is 0 Å². The monoisotopic (exact) mass is 342 g/mol. The number of carbonyl (C=O) groups is 1. The van der Waals surface area contributed by atoms with E-state index in [9.17, 15) is 9.90 Å². The Kier molecular flexibility index (Phi) is 4.83. The molecule has 0 spiro atoms. The standard InChI is InChI=1S/C20H22O5/c1-4-13-8-15(17(22)11-18(13)23-3)16(21)9-14-10-20-19(7-12(14)2)24-5-6-25-20/h7-8,10-11,22H,4-6,9H2,1-3H3. The lowest BCUT2D eigenvalue weighted by molar-refractivity contribution is 0.0989. The van der Waals surface area contributed by atoms with E-state index in [0.717, 1.165) is 16.7 Å². The van der Waals surface area contributed by atoms with Gasteiger partial charge in [0, 0.05) is 12.5 Å². The van der Waals surface area contributed by atoms with Crippen molar-refractivity contribution in [2.24, 2.45) is 0 Å². The lowest BCUT2D eigenvalue weighted by Gasteiger charge is -2.20. The van der Waals surface area contributed by atoms with Gasteiger partial charge in [-0.25, -0.2) is 0 Å². The summed E-state index contributed by atoms with van der Waals surface area (Å²) in [6.07, 6.45) is 0.901. The van der Waals surface area contributed by atoms with E-state index in [0.29, 0.717) is 42.4 Å². The summed E-state index contributed by atoms with van der Waals surface area (Å²) in [5.41, 5.74) is 3.03. The van der Waals surface area contributed by atoms with Crippen LogP contribution in [-0.2, 0) is 12.8 Å². The molecule has 0 radical (unpaired) electrons. The zero-order chi connectivity index (χ0) is 18.0. The lowest BCUT2D eigenvalue weighted by Crippen LogP contribution is -2.16. The van der Waals surface area contributed by atoms with Gasteiger partial charge < -0.3 is 19.3 Å². The normalized spacial score (nSPS) is 12.8. The highest BCUT2D eigenvalue weighted by molar-refractivity contribution is 6.00. The average Bonchev–Trinajstić information content (AvgIpc) is 2.61. The number of ether oxygens (including phenoxy) is 3. The van der Waals surface area contributed by atoms with Gasteiger partial charge in [0.1, 0.15) is 24.7 Å². The predicted octanol–water partition coefficient (Wildman–Crippen LogP) is 3.47. The molecule has 0 atom stereocenters. The second-order valence-electron chi connectivity index (χ2n) is 6.06. The molecule has 0 saturated carbocycles. The minimum atomic E-state index is -0.144. The summed E-state index contributed by atoms with van der Waals surface area (Å²) >= 11 is 0. The van der Waals surface area contributed by atoms with Crippen LogP contribution in [0.5, 0.6) is 23.0 Å². The van der Waals surface area contributed by atoms with E-state index in [-0.39, 0.29) is 18.0 Å². The number of hydrogen-bond donors (Lipinski definition) is 1. The van der Waals surface area contributed by atoms with Crippen LogP contribution in [0.25, 0.3) is 0 Å². The molecule has 1 N–H and O–H groups in total. The first-order chi connectivity index (χ1) is 12.0. The Hall–Kier alpha value is -2.69. The second kappa shape index (κ2) is 7.05. The molecule has 5 nitrogen and oxygen atoms in total. The Balaban J connectivity index is 1.90. The van der Waals surface area contributed by atoms with Crippen LogP contribution in [0, 0.1) is 6.92 Å². The molecule has 3 rings (SSSR count). The highest BCUT2D eigenvalue weighted by atomic mass is 16.6. The molecule has 2 aromatic rings. The maximum absolute atomic E-state index is 12.8. The highest BCUT2D eigenvalue weighted by Gasteiger charge is 2.19. The van der Waals surface area contributed by atoms with Crippen molar-refractivity contribution >= 4 is 5.78 Å². The number of aryl methyl sites for hydroxylation is 2. The smallest absolute Gasteiger partial charge is 0.170 e. The van der Waals surface area contributed by atoms with E-state index in [1.54, 1.807) is 13.2 Å². The van der Waals surface area contributed by atoms with E-state index < -0.39 is 0 Å². The van der Waals surface area contributed by atoms with Crippen molar-refractivity contribution in [3.05, 3.63) is 46.5 Å². The number of rotatable bonds is 5. The van der Waals surface area contributed by atoms with Crippen LogP contribution in [0.2, 0.25) is 0 Å². The van der Waals surface area contributed by atoms with Crippen LogP contribution in [-0.4, -0.2) is 31.2 Å². The summed E-state index contributed by atoms with van der Waals surface area (Å²) in [5, 5.41) is 10.2. The molecule has 0 amide bonds. The quantitative estimate of drug-likeness (QED) is 0.843. The van der Waals surface area contributed by atoms with Gasteiger partial charge in [-0.1, -0.05) is 6.92 Å².